The van der Waals surface area contributed by atoms with Crippen molar-refractivity contribution in [3.63, 3.8) is 0 Å². The summed E-state index contributed by atoms with van der Waals surface area (Å²) in [5, 5.41) is 10.9. The second-order valence-corrected chi connectivity index (χ2v) is 8.68. The van der Waals surface area contributed by atoms with Crippen LogP contribution in [0.2, 0.25) is 0 Å². The van der Waals surface area contributed by atoms with Gasteiger partial charge in [0, 0.05) is 45.3 Å². The van der Waals surface area contributed by atoms with Crippen LogP contribution in [0.3, 0.4) is 0 Å². The quantitative estimate of drug-likeness (QED) is 0.593. The van der Waals surface area contributed by atoms with Gasteiger partial charge in [0.1, 0.15) is 0 Å². The Labute approximate surface area is 190 Å². The van der Waals surface area contributed by atoms with E-state index in [2.05, 4.69) is 74.0 Å². The van der Waals surface area contributed by atoms with Crippen molar-refractivity contribution in [2.75, 3.05) is 32.7 Å². The van der Waals surface area contributed by atoms with Gasteiger partial charge in [0.05, 0.1) is 12.7 Å². The van der Waals surface area contributed by atoms with Crippen molar-refractivity contribution in [1.82, 2.24) is 30.1 Å². The molecule has 0 radical (unpaired) electrons. The molecule has 1 N–H and O–H groups in total. The van der Waals surface area contributed by atoms with E-state index in [1.54, 1.807) is 10.9 Å². The van der Waals surface area contributed by atoms with Gasteiger partial charge in [-0.15, -0.1) is 5.10 Å². The summed E-state index contributed by atoms with van der Waals surface area (Å²) in [4.78, 5) is 17.0. The maximum Gasteiger partial charge on any atom is 0.273 e. The molecule has 168 valence electrons. The van der Waals surface area contributed by atoms with Crippen LogP contribution in [0, 0.1) is 0 Å². The molecular formula is C25H32N6O. The third kappa shape index (κ3) is 6.02. The molecule has 1 aliphatic rings. The van der Waals surface area contributed by atoms with Gasteiger partial charge in [-0.05, 0) is 30.5 Å². The number of rotatable bonds is 8. The average Bonchev–Trinajstić information content (AvgIpc) is 3.29. The summed E-state index contributed by atoms with van der Waals surface area (Å²) in [5.74, 6) is -0.170. The van der Waals surface area contributed by atoms with Crippen LogP contribution in [0.1, 0.15) is 29.9 Å². The smallest absolute Gasteiger partial charge is 0.273 e. The third-order valence-electron chi connectivity index (χ3n) is 5.77. The Bertz CT molecular complexity index is 991. The third-order valence-corrected chi connectivity index (χ3v) is 5.77. The van der Waals surface area contributed by atoms with Gasteiger partial charge < -0.3 is 5.32 Å². The zero-order valence-electron chi connectivity index (χ0n) is 18.9. The summed E-state index contributed by atoms with van der Waals surface area (Å²) in [7, 11) is 0. The Morgan fingerprint density at radius 1 is 0.906 bits per heavy atom. The van der Waals surface area contributed by atoms with E-state index in [0.717, 1.165) is 45.8 Å². The van der Waals surface area contributed by atoms with Crippen molar-refractivity contribution >= 4 is 5.91 Å². The Kier molecular flexibility index (Phi) is 7.29. The molecule has 7 heteroatoms. The highest BCUT2D eigenvalue weighted by Gasteiger charge is 2.17. The molecule has 7 nitrogen and oxygen atoms in total. The van der Waals surface area contributed by atoms with Gasteiger partial charge in [-0.1, -0.05) is 59.8 Å². The fourth-order valence-corrected chi connectivity index (χ4v) is 3.95. The number of hydrogen-bond acceptors (Lipinski definition) is 5. The molecule has 2 aromatic carbocycles. The molecule has 2 heterocycles. The summed E-state index contributed by atoms with van der Waals surface area (Å²) in [5.41, 5.74) is 4.25. The van der Waals surface area contributed by atoms with Crippen molar-refractivity contribution in [1.29, 1.82) is 0 Å². The van der Waals surface area contributed by atoms with Gasteiger partial charge in [-0.3, -0.25) is 19.3 Å². The number of carbonyl (C=O) groups is 1. The van der Waals surface area contributed by atoms with Gasteiger partial charge in [0.25, 0.3) is 5.91 Å². The van der Waals surface area contributed by atoms with Crippen LogP contribution < -0.4 is 5.32 Å². The van der Waals surface area contributed by atoms with Gasteiger partial charge >= 0.3 is 0 Å². The van der Waals surface area contributed by atoms with E-state index in [1.165, 1.54) is 16.7 Å². The number of amides is 1. The van der Waals surface area contributed by atoms with Crippen molar-refractivity contribution in [3.05, 3.63) is 72.1 Å². The van der Waals surface area contributed by atoms with E-state index >= 15 is 0 Å². The summed E-state index contributed by atoms with van der Waals surface area (Å²) in [6, 6.07) is 19.5. The fourth-order valence-electron chi connectivity index (χ4n) is 3.95. The summed E-state index contributed by atoms with van der Waals surface area (Å²) >= 11 is 0. The van der Waals surface area contributed by atoms with Crippen molar-refractivity contribution in [2.45, 2.75) is 33.0 Å². The van der Waals surface area contributed by atoms with Crippen LogP contribution in [0.25, 0.3) is 11.1 Å². The highest BCUT2D eigenvalue weighted by Crippen LogP contribution is 2.20. The van der Waals surface area contributed by atoms with Crippen LogP contribution in [-0.4, -0.2) is 69.5 Å². The molecule has 3 aromatic rings. The lowest BCUT2D eigenvalue weighted by atomic mass is 10.0. The highest BCUT2D eigenvalue weighted by molar-refractivity contribution is 5.91. The van der Waals surface area contributed by atoms with E-state index in [-0.39, 0.29) is 11.9 Å². The minimum atomic E-state index is -0.170. The van der Waals surface area contributed by atoms with E-state index in [0.29, 0.717) is 5.69 Å². The standard InChI is InChI=1S/C25H32N6O/c1-20(2)26-25(32)24-19-31(28-27-24)17-16-29-12-14-30(15-13-29)18-21-8-10-23(11-9-21)22-6-4-3-5-7-22/h3-11,19-20H,12-18H2,1-2H3,(H,26,32). The summed E-state index contributed by atoms with van der Waals surface area (Å²) in [6.45, 7) is 10.7. The van der Waals surface area contributed by atoms with E-state index in [1.807, 2.05) is 19.9 Å². The predicted octanol–water partition coefficient (Wildman–Crippen LogP) is 2.90. The number of nitrogens with one attached hydrogen (secondary N) is 1. The second kappa shape index (κ2) is 10.5. The predicted molar refractivity (Wildman–Crippen MR) is 126 cm³/mol. The van der Waals surface area contributed by atoms with Crippen molar-refractivity contribution in [3.8, 4) is 11.1 Å². The molecule has 0 saturated carbocycles. The zero-order chi connectivity index (χ0) is 22.3. The first-order valence-corrected chi connectivity index (χ1v) is 11.4. The minimum Gasteiger partial charge on any atom is -0.348 e. The maximum atomic E-state index is 12.0. The van der Waals surface area contributed by atoms with Gasteiger partial charge in [0.2, 0.25) is 0 Å². The molecule has 32 heavy (non-hydrogen) atoms. The summed E-state index contributed by atoms with van der Waals surface area (Å²) < 4.78 is 1.76. The Morgan fingerprint density at radius 2 is 1.56 bits per heavy atom. The highest BCUT2D eigenvalue weighted by atomic mass is 16.2. The lowest BCUT2D eigenvalue weighted by Crippen LogP contribution is -2.46. The first-order chi connectivity index (χ1) is 15.6. The SMILES string of the molecule is CC(C)NC(=O)c1cn(CCN2CCN(Cc3ccc(-c4ccccc4)cc3)CC2)nn1. The maximum absolute atomic E-state index is 12.0. The molecule has 1 fully saturated rings. The van der Waals surface area contributed by atoms with E-state index < -0.39 is 0 Å². The van der Waals surface area contributed by atoms with Gasteiger partial charge in [-0.25, -0.2) is 0 Å². The molecule has 1 aromatic heterocycles. The molecule has 1 aliphatic heterocycles. The molecule has 0 spiro atoms. The number of carbonyl (C=O) groups excluding carboxylic acids is 1. The van der Waals surface area contributed by atoms with E-state index in [9.17, 15) is 4.79 Å². The Balaban J connectivity index is 1.20. The molecule has 0 unspecified atom stereocenters. The number of aromatic nitrogens is 3. The van der Waals surface area contributed by atoms with Gasteiger partial charge in [-0.2, -0.15) is 0 Å². The minimum absolute atomic E-state index is 0.0887. The fraction of sp³-hybridized carbons (Fsp3) is 0.400. The Hall–Kier alpha value is -3.03. The monoisotopic (exact) mass is 432 g/mol. The molecule has 0 aliphatic carbocycles. The van der Waals surface area contributed by atoms with E-state index in [4.69, 9.17) is 0 Å². The first-order valence-electron chi connectivity index (χ1n) is 11.4. The normalized spacial score (nSPS) is 15.2. The van der Waals surface area contributed by atoms with Crippen molar-refractivity contribution in [2.24, 2.45) is 0 Å². The number of hydrogen-bond donors (Lipinski definition) is 1. The first kappa shape index (κ1) is 22.2. The number of nitrogens with zero attached hydrogens (tertiary/aromatic N) is 5. The molecule has 4 rings (SSSR count). The topological polar surface area (TPSA) is 66.3 Å². The zero-order valence-corrected chi connectivity index (χ0v) is 18.9. The van der Waals surface area contributed by atoms with Crippen LogP contribution in [0.5, 0.6) is 0 Å². The molecule has 1 amide bonds. The molecule has 0 bridgehead atoms. The lowest BCUT2D eigenvalue weighted by Gasteiger charge is -2.34. The molecule has 1 saturated heterocycles. The largest absolute Gasteiger partial charge is 0.348 e. The number of piperazine rings is 1. The molecule has 0 atom stereocenters. The van der Waals surface area contributed by atoms with Crippen LogP contribution in [0.15, 0.2) is 60.8 Å². The summed E-state index contributed by atoms with van der Waals surface area (Å²) in [6.07, 6.45) is 1.73. The average molecular weight is 433 g/mol. The van der Waals surface area contributed by atoms with Crippen molar-refractivity contribution < 1.29 is 4.79 Å². The molecular weight excluding hydrogens is 400 g/mol. The van der Waals surface area contributed by atoms with Gasteiger partial charge in [0.15, 0.2) is 5.69 Å². The second-order valence-electron chi connectivity index (χ2n) is 8.68. The lowest BCUT2D eigenvalue weighted by molar-refractivity contribution is 0.0938. The van der Waals surface area contributed by atoms with Crippen LogP contribution in [0.4, 0.5) is 0 Å². The Morgan fingerprint density at radius 3 is 2.25 bits per heavy atom. The van der Waals surface area contributed by atoms with Crippen LogP contribution in [-0.2, 0) is 13.1 Å². The number of benzene rings is 2. The van der Waals surface area contributed by atoms with Crippen LogP contribution >= 0.6 is 0 Å².